The number of rotatable bonds is 4. The fraction of sp³-hybridized carbons (Fsp3) is 0.500. The molecule has 0 aromatic rings. The highest BCUT2D eigenvalue weighted by atomic mass is 16.7. The Labute approximate surface area is 112 Å². The second-order valence-corrected chi connectivity index (χ2v) is 4.58. The van der Waals surface area contributed by atoms with Gasteiger partial charge in [0.25, 0.3) is 0 Å². The summed E-state index contributed by atoms with van der Waals surface area (Å²) in [5.74, 6) is 0. The van der Waals surface area contributed by atoms with Gasteiger partial charge in [0.2, 0.25) is 0 Å². The largest absolute Gasteiger partial charge is 0.348 e. The summed E-state index contributed by atoms with van der Waals surface area (Å²) in [5, 5.41) is 0. The standard InChI is InChI=1S/C14H18O5/c1-3-12-16-8-14(9-17-12)10-18-13(4-2)19-11(14)6-5-7-15/h3-7,11-13H,1-2,8-10H2. The zero-order chi connectivity index (χ0) is 13.7. The van der Waals surface area contributed by atoms with Crippen LogP contribution in [-0.4, -0.2) is 44.8 Å². The van der Waals surface area contributed by atoms with Crippen molar-refractivity contribution in [2.75, 3.05) is 19.8 Å². The van der Waals surface area contributed by atoms with Gasteiger partial charge in [-0.15, -0.1) is 0 Å². The molecule has 0 aromatic heterocycles. The van der Waals surface area contributed by atoms with Gasteiger partial charge < -0.3 is 18.9 Å². The van der Waals surface area contributed by atoms with E-state index in [4.69, 9.17) is 18.9 Å². The summed E-state index contributed by atoms with van der Waals surface area (Å²) < 4.78 is 22.4. The molecular weight excluding hydrogens is 248 g/mol. The molecule has 0 amide bonds. The van der Waals surface area contributed by atoms with Crippen LogP contribution in [0.15, 0.2) is 37.5 Å². The summed E-state index contributed by atoms with van der Waals surface area (Å²) >= 11 is 0. The molecule has 0 aromatic carbocycles. The van der Waals surface area contributed by atoms with Gasteiger partial charge in [-0.2, -0.15) is 0 Å². The van der Waals surface area contributed by atoms with Crippen LogP contribution in [0.4, 0.5) is 0 Å². The molecule has 2 unspecified atom stereocenters. The Balaban J connectivity index is 2.12. The molecule has 0 aliphatic carbocycles. The lowest BCUT2D eigenvalue weighted by Crippen LogP contribution is -2.56. The third-order valence-electron chi connectivity index (χ3n) is 3.24. The Morgan fingerprint density at radius 2 is 1.58 bits per heavy atom. The van der Waals surface area contributed by atoms with E-state index in [1.54, 1.807) is 18.2 Å². The highest BCUT2D eigenvalue weighted by molar-refractivity contribution is 5.64. The molecule has 0 N–H and O–H groups in total. The molecule has 2 rings (SSSR count). The molecule has 2 fully saturated rings. The number of allylic oxidation sites excluding steroid dienone is 1. The van der Waals surface area contributed by atoms with Crippen LogP contribution in [-0.2, 0) is 23.7 Å². The van der Waals surface area contributed by atoms with Crippen molar-refractivity contribution in [2.45, 2.75) is 18.7 Å². The maximum absolute atomic E-state index is 10.5. The molecule has 104 valence electrons. The minimum Gasteiger partial charge on any atom is -0.348 e. The van der Waals surface area contributed by atoms with Gasteiger partial charge in [0, 0.05) is 0 Å². The molecule has 2 aliphatic rings. The Kier molecular flexibility index (Phi) is 4.66. The Bertz CT molecular complexity index is 360. The van der Waals surface area contributed by atoms with Crippen LogP contribution < -0.4 is 0 Å². The third kappa shape index (κ3) is 3.01. The maximum Gasteiger partial charge on any atom is 0.177 e. The van der Waals surface area contributed by atoms with E-state index < -0.39 is 18.0 Å². The van der Waals surface area contributed by atoms with Crippen molar-refractivity contribution in [1.82, 2.24) is 0 Å². The summed E-state index contributed by atoms with van der Waals surface area (Å²) in [6, 6.07) is 0. The summed E-state index contributed by atoms with van der Waals surface area (Å²) in [7, 11) is 0. The van der Waals surface area contributed by atoms with Crippen LogP contribution >= 0.6 is 0 Å². The number of hydrogen-bond donors (Lipinski definition) is 0. The lowest BCUT2D eigenvalue weighted by molar-refractivity contribution is -0.300. The number of carbonyl (C=O) groups excluding carboxylic acids is 1. The maximum atomic E-state index is 10.5. The number of hydrogen-bond acceptors (Lipinski definition) is 5. The quantitative estimate of drug-likeness (QED) is 0.435. The van der Waals surface area contributed by atoms with E-state index in [0.29, 0.717) is 26.1 Å². The molecule has 19 heavy (non-hydrogen) atoms. The van der Waals surface area contributed by atoms with Crippen LogP contribution in [0.1, 0.15) is 0 Å². The second kappa shape index (κ2) is 6.25. The highest BCUT2D eigenvalue weighted by Gasteiger charge is 2.47. The van der Waals surface area contributed by atoms with Gasteiger partial charge in [-0.3, -0.25) is 4.79 Å². The summed E-state index contributed by atoms with van der Waals surface area (Å²) in [5.41, 5.74) is -0.446. The van der Waals surface area contributed by atoms with Crippen molar-refractivity contribution in [3.63, 3.8) is 0 Å². The van der Waals surface area contributed by atoms with E-state index in [1.807, 2.05) is 0 Å². The van der Waals surface area contributed by atoms with Crippen LogP contribution in [0.3, 0.4) is 0 Å². The van der Waals surface area contributed by atoms with Crippen molar-refractivity contribution in [1.29, 1.82) is 0 Å². The van der Waals surface area contributed by atoms with Gasteiger partial charge in [-0.1, -0.05) is 19.2 Å². The van der Waals surface area contributed by atoms with Gasteiger partial charge in [0.15, 0.2) is 12.6 Å². The van der Waals surface area contributed by atoms with Gasteiger partial charge >= 0.3 is 0 Å². The molecule has 2 heterocycles. The second-order valence-electron chi connectivity index (χ2n) is 4.58. The topological polar surface area (TPSA) is 54.0 Å². The predicted molar refractivity (Wildman–Crippen MR) is 68.3 cm³/mol. The molecule has 5 nitrogen and oxygen atoms in total. The van der Waals surface area contributed by atoms with Crippen molar-refractivity contribution < 1.29 is 23.7 Å². The van der Waals surface area contributed by atoms with Gasteiger partial charge in [-0.25, -0.2) is 0 Å². The average molecular weight is 266 g/mol. The highest BCUT2D eigenvalue weighted by Crippen LogP contribution is 2.36. The first-order chi connectivity index (χ1) is 9.24. The van der Waals surface area contributed by atoms with Crippen LogP contribution in [0.25, 0.3) is 0 Å². The SMILES string of the molecule is C=CC1OCC2(CO1)COC(C=C)OC2C=CC=O. The first kappa shape index (κ1) is 14.1. The van der Waals surface area contributed by atoms with Crippen molar-refractivity contribution in [2.24, 2.45) is 5.41 Å². The number of aldehydes is 1. The van der Waals surface area contributed by atoms with Gasteiger partial charge in [-0.05, 0) is 18.2 Å². The number of ether oxygens (including phenoxy) is 4. The lowest BCUT2D eigenvalue weighted by atomic mass is 9.82. The van der Waals surface area contributed by atoms with E-state index in [9.17, 15) is 4.79 Å². The average Bonchev–Trinajstić information content (AvgIpc) is 2.47. The first-order valence-corrected chi connectivity index (χ1v) is 6.11. The molecule has 5 heteroatoms. The third-order valence-corrected chi connectivity index (χ3v) is 3.24. The molecule has 0 saturated carbocycles. The van der Waals surface area contributed by atoms with E-state index in [0.717, 1.165) is 0 Å². The van der Waals surface area contributed by atoms with Crippen molar-refractivity contribution >= 4 is 6.29 Å². The molecule has 2 atom stereocenters. The number of carbonyl (C=O) groups is 1. The monoisotopic (exact) mass is 266 g/mol. The van der Waals surface area contributed by atoms with E-state index in [2.05, 4.69) is 13.2 Å². The van der Waals surface area contributed by atoms with Gasteiger partial charge in [0.05, 0.1) is 31.3 Å². The Hall–Kier alpha value is -1.27. The molecule has 0 radical (unpaired) electrons. The van der Waals surface area contributed by atoms with Crippen LogP contribution in [0, 0.1) is 5.41 Å². The summed E-state index contributed by atoms with van der Waals surface area (Å²) in [4.78, 5) is 10.5. The molecule has 2 aliphatic heterocycles. The minimum atomic E-state index is -0.482. The molecule has 2 saturated heterocycles. The lowest BCUT2D eigenvalue weighted by Gasteiger charge is -2.47. The van der Waals surface area contributed by atoms with E-state index in [1.165, 1.54) is 6.08 Å². The van der Waals surface area contributed by atoms with Crippen molar-refractivity contribution in [3.05, 3.63) is 37.5 Å². The first-order valence-electron chi connectivity index (χ1n) is 6.11. The van der Waals surface area contributed by atoms with Crippen molar-refractivity contribution in [3.8, 4) is 0 Å². The molecule has 0 bridgehead atoms. The summed E-state index contributed by atoms with van der Waals surface area (Å²) in [6.45, 7) is 8.52. The van der Waals surface area contributed by atoms with Gasteiger partial charge in [0.1, 0.15) is 6.29 Å². The summed E-state index contributed by atoms with van der Waals surface area (Å²) in [6.07, 6.45) is 5.80. The zero-order valence-corrected chi connectivity index (χ0v) is 10.7. The van der Waals surface area contributed by atoms with Crippen LogP contribution in [0.5, 0.6) is 0 Å². The van der Waals surface area contributed by atoms with E-state index >= 15 is 0 Å². The zero-order valence-electron chi connectivity index (χ0n) is 10.7. The minimum absolute atomic E-state index is 0.319. The molecule has 1 spiro atoms. The fourth-order valence-corrected chi connectivity index (χ4v) is 2.15. The Morgan fingerprint density at radius 1 is 1.00 bits per heavy atom. The molecular formula is C14H18O5. The fourth-order valence-electron chi connectivity index (χ4n) is 2.15. The van der Waals surface area contributed by atoms with Crippen LogP contribution in [0.2, 0.25) is 0 Å². The smallest absolute Gasteiger partial charge is 0.177 e. The van der Waals surface area contributed by atoms with E-state index in [-0.39, 0.29) is 6.10 Å². The predicted octanol–water partition coefficient (Wildman–Crippen LogP) is 1.21. The Morgan fingerprint density at radius 3 is 2.11 bits per heavy atom. The normalized spacial score (nSPS) is 39.3.